The summed E-state index contributed by atoms with van der Waals surface area (Å²) < 4.78 is 11.0. The molecule has 0 aromatic heterocycles. The number of nitrogens with one attached hydrogen (secondary N) is 2. The number of aliphatic imine (C=N–C) groups is 1. The molecule has 1 aliphatic carbocycles. The second-order valence-corrected chi connectivity index (χ2v) is 9.36. The molecular weight excluding hydrogens is 531 g/mol. The van der Waals surface area contributed by atoms with Crippen LogP contribution in [0.4, 0.5) is 0 Å². The monoisotopic (exact) mass is 572 g/mol. The van der Waals surface area contributed by atoms with Crippen LogP contribution in [0.2, 0.25) is 0 Å². The number of hydrogen-bond acceptors (Lipinski definition) is 4. The average molecular weight is 573 g/mol. The standard InChI is InChI=1S/C25H40N4O3.HI/c1-5-26-23(28-19-25(12-6-7-13-25)22(30)29(2)3)27-18-24(14-16-32-17-15-24)20-8-10-21(31-4)11-9-20;/h8-11H,5-7,12-19H2,1-4H3,(H2,26,27,28);1H. The Hall–Kier alpha value is -1.55. The molecule has 33 heavy (non-hydrogen) atoms. The van der Waals surface area contributed by atoms with Crippen molar-refractivity contribution in [1.29, 1.82) is 0 Å². The Balaban J connectivity index is 0.00000385. The first-order valence-electron chi connectivity index (χ1n) is 11.9. The van der Waals surface area contributed by atoms with E-state index in [1.165, 1.54) is 5.56 Å². The molecule has 186 valence electrons. The zero-order valence-electron chi connectivity index (χ0n) is 20.6. The Kier molecular flexibility index (Phi) is 10.7. The van der Waals surface area contributed by atoms with Gasteiger partial charge in [0.15, 0.2) is 5.96 Å². The number of rotatable bonds is 8. The molecule has 1 heterocycles. The number of carbonyl (C=O) groups excluding carboxylic acids is 1. The van der Waals surface area contributed by atoms with E-state index in [1.807, 2.05) is 26.2 Å². The maximum absolute atomic E-state index is 12.9. The van der Waals surface area contributed by atoms with Crippen LogP contribution in [0.3, 0.4) is 0 Å². The molecule has 7 nitrogen and oxygen atoms in total. The zero-order valence-corrected chi connectivity index (χ0v) is 22.9. The summed E-state index contributed by atoms with van der Waals surface area (Å²) in [5.41, 5.74) is 0.906. The van der Waals surface area contributed by atoms with Gasteiger partial charge in [0.2, 0.25) is 5.91 Å². The van der Waals surface area contributed by atoms with E-state index in [4.69, 9.17) is 14.5 Å². The molecule has 2 N–H and O–H groups in total. The highest BCUT2D eigenvalue weighted by molar-refractivity contribution is 14.0. The largest absolute Gasteiger partial charge is 0.497 e. The van der Waals surface area contributed by atoms with Crippen molar-refractivity contribution >= 4 is 35.8 Å². The molecule has 3 rings (SSSR count). The summed E-state index contributed by atoms with van der Waals surface area (Å²) in [4.78, 5) is 19.6. The first-order valence-corrected chi connectivity index (χ1v) is 11.9. The van der Waals surface area contributed by atoms with Gasteiger partial charge in [-0.2, -0.15) is 0 Å². The van der Waals surface area contributed by atoms with Crippen LogP contribution >= 0.6 is 24.0 Å². The lowest BCUT2D eigenvalue weighted by atomic mass is 9.74. The van der Waals surface area contributed by atoms with E-state index < -0.39 is 0 Å². The molecule has 0 radical (unpaired) electrons. The van der Waals surface area contributed by atoms with Crippen LogP contribution in [0.1, 0.15) is 51.0 Å². The van der Waals surface area contributed by atoms with E-state index in [1.54, 1.807) is 12.0 Å². The molecule has 2 fully saturated rings. The minimum Gasteiger partial charge on any atom is -0.497 e. The van der Waals surface area contributed by atoms with Crippen LogP contribution in [-0.2, 0) is 14.9 Å². The molecule has 1 aromatic rings. The molecule has 8 heteroatoms. The fourth-order valence-corrected chi connectivity index (χ4v) is 5.07. The predicted molar refractivity (Wildman–Crippen MR) is 144 cm³/mol. The van der Waals surface area contributed by atoms with Gasteiger partial charge >= 0.3 is 0 Å². The number of ether oxygens (including phenoxy) is 2. The first kappa shape index (κ1) is 27.7. The number of methoxy groups -OCH3 is 1. The molecule has 1 aromatic carbocycles. The van der Waals surface area contributed by atoms with Crippen LogP contribution in [0.5, 0.6) is 5.75 Å². The van der Waals surface area contributed by atoms with Crippen molar-refractivity contribution < 1.29 is 14.3 Å². The van der Waals surface area contributed by atoms with Gasteiger partial charge in [0.1, 0.15) is 5.75 Å². The Morgan fingerprint density at radius 2 is 1.73 bits per heavy atom. The lowest BCUT2D eigenvalue weighted by molar-refractivity contribution is -0.138. The van der Waals surface area contributed by atoms with E-state index in [2.05, 4.69) is 29.7 Å². The van der Waals surface area contributed by atoms with E-state index in [0.29, 0.717) is 6.54 Å². The molecule has 0 atom stereocenters. The van der Waals surface area contributed by atoms with E-state index >= 15 is 0 Å². The van der Waals surface area contributed by atoms with Crippen molar-refractivity contribution in [2.45, 2.75) is 50.9 Å². The first-order chi connectivity index (χ1) is 15.4. The predicted octanol–water partition coefficient (Wildman–Crippen LogP) is 3.57. The highest BCUT2D eigenvalue weighted by Crippen LogP contribution is 2.40. The minimum atomic E-state index is -0.363. The van der Waals surface area contributed by atoms with E-state index in [0.717, 1.165) is 76.5 Å². The molecule has 1 amide bonds. The fraction of sp³-hybridized carbons (Fsp3) is 0.680. The van der Waals surface area contributed by atoms with Crippen molar-refractivity contribution in [2.75, 3.05) is 54.1 Å². The van der Waals surface area contributed by atoms with E-state index in [9.17, 15) is 4.79 Å². The molecule has 0 bridgehead atoms. The van der Waals surface area contributed by atoms with Gasteiger partial charge in [-0.1, -0.05) is 25.0 Å². The Morgan fingerprint density at radius 3 is 2.27 bits per heavy atom. The molecular formula is C25H41IN4O3. The maximum Gasteiger partial charge on any atom is 0.230 e. The average Bonchev–Trinajstić information content (AvgIpc) is 3.31. The number of hydrogen-bond donors (Lipinski definition) is 2. The topological polar surface area (TPSA) is 75.2 Å². The Morgan fingerprint density at radius 1 is 1.09 bits per heavy atom. The molecule has 1 saturated heterocycles. The fourth-order valence-electron chi connectivity index (χ4n) is 5.07. The molecule has 1 saturated carbocycles. The smallest absolute Gasteiger partial charge is 0.230 e. The molecule has 0 unspecified atom stereocenters. The second-order valence-electron chi connectivity index (χ2n) is 9.36. The highest BCUT2D eigenvalue weighted by Gasteiger charge is 2.42. The van der Waals surface area contributed by atoms with Crippen molar-refractivity contribution in [1.82, 2.24) is 15.5 Å². The van der Waals surface area contributed by atoms with E-state index in [-0.39, 0.29) is 40.7 Å². The summed E-state index contributed by atoms with van der Waals surface area (Å²) in [5.74, 6) is 1.85. The number of benzene rings is 1. The van der Waals surface area contributed by atoms with Gasteiger partial charge in [0.25, 0.3) is 0 Å². The zero-order chi connectivity index (χ0) is 23.0. The number of guanidine groups is 1. The summed E-state index contributed by atoms with van der Waals surface area (Å²) in [7, 11) is 5.39. The quantitative estimate of drug-likeness (QED) is 0.283. The normalized spacial score (nSPS) is 19.3. The van der Waals surface area contributed by atoms with Crippen LogP contribution in [0.15, 0.2) is 29.3 Å². The SMILES string of the molecule is CCNC(=NCC1(C(=O)N(C)C)CCCC1)NCC1(c2ccc(OC)cc2)CCOCC1.I. The highest BCUT2D eigenvalue weighted by atomic mass is 127. The van der Waals surface area contributed by atoms with Crippen LogP contribution < -0.4 is 15.4 Å². The number of carbonyl (C=O) groups is 1. The molecule has 2 aliphatic rings. The molecule has 1 aliphatic heterocycles. The van der Waals surface area contributed by atoms with Crippen molar-refractivity contribution in [3.63, 3.8) is 0 Å². The van der Waals surface area contributed by atoms with Gasteiger partial charge in [-0.05, 0) is 50.3 Å². The van der Waals surface area contributed by atoms with Gasteiger partial charge in [-0.3, -0.25) is 9.79 Å². The third kappa shape index (κ3) is 6.74. The minimum absolute atomic E-state index is 0. The Bertz CT molecular complexity index is 770. The third-order valence-electron chi connectivity index (χ3n) is 7.05. The third-order valence-corrected chi connectivity index (χ3v) is 7.05. The second kappa shape index (κ2) is 12.8. The van der Waals surface area contributed by atoms with Crippen LogP contribution in [0.25, 0.3) is 0 Å². The maximum atomic E-state index is 12.9. The van der Waals surface area contributed by atoms with Crippen LogP contribution in [-0.4, -0.2) is 70.8 Å². The lowest BCUT2D eigenvalue weighted by Crippen LogP contribution is -2.48. The van der Waals surface area contributed by atoms with Gasteiger partial charge in [-0.15, -0.1) is 24.0 Å². The van der Waals surface area contributed by atoms with Gasteiger partial charge in [0.05, 0.1) is 19.1 Å². The summed E-state index contributed by atoms with van der Waals surface area (Å²) in [6.45, 7) is 5.64. The van der Waals surface area contributed by atoms with Crippen LogP contribution in [0, 0.1) is 5.41 Å². The number of nitrogens with zero attached hydrogens (tertiary/aromatic N) is 2. The van der Waals surface area contributed by atoms with Crippen molar-refractivity contribution in [2.24, 2.45) is 10.4 Å². The molecule has 0 spiro atoms. The lowest BCUT2D eigenvalue weighted by Gasteiger charge is -2.38. The van der Waals surface area contributed by atoms with Gasteiger partial charge in [0, 0.05) is 45.8 Å². The summed E-state index contributed by atoms with van der Waals surface area (Å²) in [5, 5.41) is 6.98. The summed E-state index contributed by atoms with van der Waals surface area (Å²) in [6.07, 6.45) is 5.93. The van der Waals surface area contributed by atoms with Crippen molar-refractivity contribution in [3.05, 3.63) is 29.8 Å². The van der Waals surface area contributed by atoms with Crippen molar-refractivity contribution in [3.8, 4) is 5.75 Å². The summed E-state index contributed by atoms with van der Waals surface area (Å²) in [6, 6.07) is 8.39. The summed E-state index contributed by atoms with van der Waals surface area (Å²) >= 11 is 0. The van der Waals surface area contributed by atoms with Gasteiger partial charge in [-0.25, -0.2) is 0 Å². The van der Waals surface area contributed by atoms with Gasteiger partial charge < -0.3 is 25.0 Å². The number of amides is 1. The number of halogens is 1. The Labute approximate surface area is 216 Å².